The van der Waals surface area contributed by atoms with Gasteiger partial charge in [0.05, 0.1) is 6.17 Å². The Morgan fingerprint density at radius 1 is 1.09 bits per heavy atom. The minimum Gasteiger partial charge on any atom is -0.371 e. The van der Waals surface area contributed by atoms with Crippen molar-refractivity contribution in [2.24, 2.45) is 11.3 Å². The van der Waals surface area contributed by atoms with Crippen molar-refractivity contribution in [1.29, 1.82) is 0 Å². The smallest absolute Gasteiger partial charge is 0.161 e. The van der Waals surface area contributed by atoms with Gasteiger partial charge in [-0.05, 0) is 37.2 Å². The van der Waals surface area contributed by atoms with Gasteiger partial charge in [-0.15, -0.1) is 0 Å². The van der Waals surface area contributed by atoms with E-state index < -0.39 is 0 Å². The Labute approximate surface area is 136 Å². The Balaban J connectivity index is 1.65. The number of hydrogen-bond acceptors (Lipinski definition) is 4. The zero-order valence-electron chi connectivity index (χ0n) is 13.4. The van der Waals surface area contributed by atoms with Crippen LogP contribution in [-0.2, 0) is 4.79 Å². The van der Waals surface area contributed by atoms with Gasteiger partial charge < -0.3 is 5.32 Å². The molecule has 1 aromatic rings. The van der Waals surface area contributed by atoms with E-state index in [9.17, 15) is 4.79 Å². The third kappa shape index (κ3) is 2.01. The highest BCUT2D eigenvalue weighted by Crippen LogP contribution is 2.59. The zero-order valence-corrected chi connectivity index (χ0v) is 13.4. The van der Waals surface area contributed by atoms with Crippen molar-refractivity contribution in [3.63, 3.8) is 0 Å². The number of hydrogen-bond donors (Lipinski definition) is 3. The van der Waals surface area contributed by atoms with E-state index in [0.29, 0.717) is 17.7 Å². The van der Waals surface area contributed by atoms with E-state index in [2.05, 4.69) is 47.4 Å². The van der Waals surface area contributed by atoms with Crippen LogP contribution in [0.1, 0.15) is 44.1 Å². The number of ketones is 1. The Bertz CT molecular complexity index is 692. The number of nitrogens with one attached hydrogen (secondary N) is 3. The summed E-state index contributed by atoms with van der Waals surface area (Å²) >= 11 is 0. The number of benzene rings is 1. The van der Waals surface area contributed by atoms with Crippen LogP contribution >= 0.6 is 0 Å². The zero-order chi connectivity index (χ0) is 15.6. The quantitative estimate of drug-likeness (QED) is 0.744. The molecule has 0 aromatic heterocycles. The SMILES string of the molecule is CC1NNC2NC3=C(C(=O)CC4(CC4)C3)C(c3ccccc3)C12. The summed E-state index contributed by atoms with van der Waals surface area (Å²) in [7, 11) is 0. The van der Waals surface area contributed by atoms with Crippen LogP contribution in [-0.4, -0.2) is 18.0 Å². The first-order valence-corrected chi connectivity index (χ1v) is 8.76. The highest BCUT2D eigenvalue weighted by Gasteiger charge is 2.54. The Hall–Kier alpha value is -1.65. The van der Waals surface area contributed by atoms with E-state index in [1.165, 1.54) is 24.1 Å². The fourth-order valence-electron chi connectivity index (χ4n) is 4.90. The average molecular weight is 309 g/mol. The molecule has 1 saturated heterocycles. The van der Waals surface area contributed by atoms with Gasteiger partial charge in [-0.1, -0.05) is 30.3 Å². The molecule has 2 fully saturated rings. The first-order valence-electron chi connectivity index (χ1n) is 8.76. The lowest BCUT2D eigenvalue weighted by Crippen LogP contribution is -2.51. The summed E-state index contributed by atoms with van der Waals surface area (Å²) in [5, 5.41) is 3.66. The molecule has 3 N–H and O–H groups in total. The fraction of sp³-hybridized carbons (Fsp3) is 0.526. The van der Waals surface area contributed by atoms with E-state index in [0.717, 1.165) is 18.4 Å². The van der Waals surface area contributed by atoms with Crippen molar-refractivity contribution < 1.29 is 4.79 Å². The topological polar surface area (TPSA) is 53.2 Å². The fourth-order valence-corrected chi connectivity index (χ4v) is 4.90. The van der Waals surface area contributed by atoms with Gasteiger partial charge >= 0.3 is 0 Å². The van der Waals surface area contributed by atoms with Crippen molar-refractivity contribution >= 4 is 5.78 Å². The normalized spacial score (nSPS) is 37.3. The number of hydrazine groups is 1. The second kappa shape index (κ2) is 4.68. The van der Waals surface area contributed by atoms with Crippen LogP contribution in [0.4, 0.5) is 0 Å². The molecule has 2 aliphatic carbocycles. The molecule has 4 atom stereocenters. The van der Waals surface area contributed by atoms with Crippen LogP contribution in [0.2, 0.25) is 0 Å². The van der Waals surface area contributed by atoms with Crippen LogP contribution < -0.4 is 16.2 Å². The number of Topliss-reactive ketones (excluding diaryl/α,β-unsaturated/α-hetero) is 1. The molecule has 4 nitrogen and oxygen atoms in total. The minimum atomic E-state index is 0.193. The Kier molecular flexibility index (Phi) is 2.80. The predicted octanol–water partition coefficient (Wildman–Crippen LogP) is 2.21. The van der Waals surface area contributed by atoms with E-state index in [1.54, 1.807) is 0 Å². The summed E-state index contributed by atoms with van der Waals surface area (Å²) in [4.78, 5) is 13.0. The van der Waals surface area contributed by atoms with Gasteiger partial charge in [0.1, 0.15) is 0 Å². The van der Waals surface area contributed by atoms with Crippen LogP contribution in [0.15, 0.2) is 41.6 Å². The van der Waals surface area contributed by atoms with E-state index in [1.807, 2.05) is 6.07 Å². The summed E-state index contributed by atoms with van der Waals surface area (Å²) < 4.78 is 0. The molecule has 4 unspecified atom stereocenters. The number of carbonyl (C=O) groups excluding carboxylic acids is 1. The Morgan fingerprint density at radius 2 is 1.87 bits per heavy atom. The summed E-state index contributed by atoms with van der Waals surface area (Å²) in [5.74, 6) is 0.926. The van der Waals surface area contributed by atoms with E-state index >= 15 is 0 Å². The van der Waals surface area contributed by atoms with Gasteiger partial charge in [0, 0.05) is 35.6 Å². The van der Waals surface area contributed by atoms with Crippen LogP contribution in [0.25, 0.3) is 0 Å². The van der Waals surface area contributed by atoms with Crippen molar-refractivity contribution in [3.05, 3.63) is 47.2 Å². The van der Waals surface area contributed by atoms with Crippen molar-refractivity contribution in [3.8, 4) is 0 Å². The van der Waals surface area contributed by atoms with E-state index in [-0.39, 0.29) is 17.5 Å². The second-order valence-electron chi connectivity index (χ2n) is 7.83. The third-order valence-corrected chi connectivity index (χ3v) is 6.28. The third-order valence-electron chi connectivity index (χ3n) is 6.28. The molecule has 120 valence electrons. The maximum Gasteiger partial charge on any atom is 0.161 e. The summed E-state index contributed by atoms with van der Waals surface area (Å²) in [6.07, 6.45) is 4.43. The summed E-state index contributed by atoms with van der Waals surface area (Å²) in [6.45, 7) is 2.20. The Morgan fingerprint density at radius 3 is 2.61 bits per heavy atom. The van der Waals surface area contributed by atoms with Crippen molar-refractivity contribution in [2.45, 2.75) is 50.7 Å². The average Bonchev–Trinajstić information content (AvgIpc) is 3.19. The molecule has 0 bridgehead atoms. The van der Waals surface area contributed by atoms with E-state index in [4.69, 9.17) is 0 Å². The number of allylic oxidation sites excluding steroid dienone is 2. The molecule has 4 heteroatoms. The summed E-state index contributed by atoms with van der Waals surface area (Å²) in [5.41, 5.74) is 10.6. The lowest BCUT2D eigenvalue weighted by Gasteiger charge is -2.42. The second-order valence-corrected chi connectivity index (χ2v) is 7.83. The first-order chi connectivity index (χ1) is 11.2. The number of rotatable bonds is 1. The number of carbonyl (C=O) groups is 1. The first kappa shape index (κ1) is 13.8. The highest BCUT2D eigenvalue weighted by molar-refractivity contribution is 5.99. The van der Waals surface area contributed by atoms with Crippen LogP contribution in [0.5, 0.6) is 0 Å². The van der Waals surface area contributed by atoms with Crippen molar-refractivity contribution in [1.82, 2.24) is 16.2 Å². The molecule has 1 saturated carbocycles. The molecule has 2 heterocycles. The summed E-state index contributed by atoms with van der Waals surface area (Å²) in [6, 6.07) is 10.9. The number of fused-ring (bicyclic) bond motifs is 1. The van der Waals surface area contributed by atoms with Crippen molar-refractivity contribution in [2.75, 3.05) is 0 Å². The maximum atomic E-state index is 13.0. The van der Waals surface area contributed by atoms with Crippen LogP contribution in [0.3, 0.4) is 0 Å². The molecule has 0 amide bonds. The molecule has 4 aliphatic rings. The standard InChI is InChI=1S/C19H23N3O/c1-11-15-16(12-5-3-2-4-6-12)17-13(20-18(15)22-21-11)9-19(7-8-19)10-14(17)23/h2-6,11,15-16,18,20-22H,7-10H2,1H3. The molecule has 2 aliphatic heterocycles. The van der Waals surface area contributed by atoms with Gasteiger partial charge in [-0.3, -0.25) is 10.2 Å². The molecule has 1 aromatic carbocycles. The van der Waals surface area contributed by atoms with Gasteiger partial charge in [0.2, 0.25) is 0 Å². The maximum absolute atomic E-state index is 13.0. The van der Waals surface area contributed by atoms with Gasteiger partial charge in [-0.25, -0.2) is 5.43 Å². The largest absolute Gasteiger partial charge is 0.371 e. The monoisotopic (exact) mass is 309 g/mol. The van der Waals surface area contributed by atoms with Gasteiger partial charge in [-0.2, -0.15) is 0 Å². The molecule has 1 spiro atoms. The lowest BCUT2D eigenvalue weighted by atomic mass is 9.68. The molecule has 23 heavy (non-hydrogen) atoms. The van der Waals surface area contributed by atoms with Gasteiger partial charge in [0.25, 0.3) is 0 Å². The van der Waals surface area contributed by atoms with Crippen LogP contribution in [0, 0.1) is 11.3 Å². The molecular formula is C19H23N3O. The van der Waals surface area contributed by atoms with Gasteiger partial charge in [0.15, 0.2) is 5.78 Å². The predicted molar refractivity (Wildman–Crippen MR) is 88.3 cm³/mol. The molecular weight excluding hydrogens is 286 g/mol. The molecule has 0 radical (unpaired) electrons. The highest BCUT2D eigenvalue weighted by atomic mass is 16.1. The minimum absolute atomic E-state index is 0.193. The molecule has 5 rings (SSSR count). The lowest BCUT2D eigenvalue weighted by molar-refractivity contribution is -0.118.